The van der Waals surface area contributed by atoms with E-state index in [1.54, 1.807) is 18.3 Å². The maximum atomic E-state index is 5.18. The van der Waals surface area contributed by atoms with E-state index in [1.807, 2.05) is 6.92 Å². The summed E-state index contributed by atoms with van der Waals surface area (Å²) in [5, 5.41) is 0. The Balaban J connectivity index is 2.85. The highest BCUT2D eigenvalue weighted by Gasteiger charge is 1.92. The molecule has 0 aliphatic heterocycles. The Kier molecular flexibility index (Phi) is 2.51. The minimum Gasteiger partial charge on any atom is -0.478 e. The molecule has 0 spiro atoms. The fourth-order valence-electron chi connectivity index (χ4n) is 0.726. The monoisotopic (exact) mass is 147 g/mol. The Morgan fingerprint density at radius 3 is 3.18 bits per heavy atom. The lowest BCUT2D eigenvalue weighted by molar-refractivity contribution is 0.327. The van der Waals surface area contributed by atoms with E-state index in [-0.39, 0.29) is 0 Å². The van der Waals surface area contributed by atoms with Crippen LogP contribution in [0.3, 0.4) is 0 Å². The van der Waals surface area contributed by atoms with Crippen LogP contribution in [0, 0.1) is 12.3 Å². The summed E-state index contributed by atoms with van der Waals surface area (Å²) < 4.78 is 5.14. The van der Waals surface area contributed by atoms with E-state index in [2.05, 4.69) is 10.9 Å². The normalized spacial score (nSPS) is 8.73. The van der Waals surface area contributed by atoms with Gasteiger partial charge < -0.3 is 4.74 Å². The third-order valence-electron chi connectivity index (χ3n) is 1.19. The van der Waals surface area contributed by atoms with Gasteiger partial charge in [0.25, 0.3) is 0 Å². The molecule has 0 fully saturated rings. The molecule has 0 unspecified atom stereocenters. The zero-order valence-corrected chi connectivity index (χ0v) is 6.37. The maximum absolute atomic E-state index is 5.18. The van der Waals surface area contributed by atoms with Crippen LogP contribution in [0.4, 0.5) is 0 Å². The average molecular weight is 147 g/mol. The molecule has 0 atom stereocenters. The zero-order valence-electron chi connectivity index (χ0n) is 6.37. The number of rotatable bonds is 2. The lowest BCUT2D eigenvalue weighted by Gasteiger charge is -1.99. The van der Waals surface area contributed by atoms with Crippen molar-refractivity contribution in [1.29, 1.82) is 0 Å². The van der Waals surface area contributed by atoms with Crippen LogP contribution in [0.5, 0.6) is 5.88 Å². The first kappa shape index (κ1) is 7.62. The summed E-state index contributed by atoms with van der Waals surface area (Å²) >= 11 is 0. The van der Waals surface area contributed by atoms with Crippen molar-refractivity contribution in [2.75, 3.05) is 6.61 Å². The number of aromatic nitrogens is 1. The highest BCUT2D eigenvalue weighted by Crippen LogP contribution is 2.07. The standard InChI is InChI=1S/C9H9NO/c1-3-8-5-6-10-9(7-8)11-4-2/h1,5-7H,4H2,2H3. The summed E-state index contributed by atoms with van der Waals surface area (Å²) in [6.45, 7) is 2.52. The van der Waals surface area contributed by atoms with E-state index in [9.17, 15) is 0 Å². The van der Waals surface area contributed by atoms with Crippen LogP contribution < -0.4 is 4.74 Å². The molecule has 1 heterocycles. The van der Waals surface area contributed by atoms with Crippen molar-refractivity contribution >= 4 is 0 Å². The summed E-state index contributed by atoms with van der Waals surface area (Å²) in [6, 6.07) is 3.51. The predicted octanol–water partition coefficient (Wildman–Crippen LogP) is 1.46. The van der Waals surface area contributed by atoms with Crippen molar-refractivity contribution < 1.29 is 4.74 Å². The molecule has 0 aromatic carbocycles. The molecule has 1 rings (SSSR count). The Labute approximate surface area is 66.2 Å². The van der Waals surface area contributed by atoms with Gasteiger partial charge in [-0.25, -0.2) is 4.98 Å². The van der Waals surface area contributed by atoms with Crippen LogP contribution in [0.2, 0.25) is 0 Å². The molecule has 1 aromatic heterocycles. The fraction of sp³-hybridized carbons (Fsp3) is 0.222. The topological polar surface area (TPSA) is 22.1 Å². The molecule has 0 saturated heterocycles. The zero-order chi connectivity index (χ0) is 8.10. The van der Waals surface area contributed by atoms with E-state index >= 15 is 0 Å². The Hall–Kier alpha value is -1.49. The third-order valence-corrected chi connectivity index (χ3v) is 1.19. The molecule has 11 heavy (non-hydrogen) atoms. The van der Waals surface area contributed by atoms with Crippen LogP contribution in [-0.4, -0.2) is 11.6 Å². The molecule has 0 aliphatic carbocycles. The molecule has 0 amide bonds. The number of hydrogen-bond donors (Lipinski definition) is 0. The van der Waals surface area contributed by atoms with Gasteiger partial charge in [-0.3, -0.25) is 0 Å². The Morgan fingerprint density at radius 2 is 2.55 bits per heavy atom. The summed E-state index contributed by atoms with van der Waals surface area (Å²) in [5.74, 6) is 3.09. The molecule has 2 nitrogen and oxygen atoms in total. The average Bonchev–Trinajstić information content (AvgIpc) is 2.06. The molecular weight excluding hydrogens is 138 g/mol. The van der Waals surface area contributed by atoms with Gasteiger partial charge in [-0.15, -0.1) is 6.42 Å². The molecular formula is C9H9NO. The van der Waals surface area contributed by atoms with Gasteiger partial charge in [-0.1, -0.05) is 5.92 Å². The van der Waals surface area contributed by atoms with Gasteiger partial charge in [0.2, 0.25) is 5.88 Å². The van der Waals surface area contributed by atoms with Crippen molar-refractivity contribution in [2.24, 2.45) is 0 Å². The second kappa shape index (κ2) is 3.62. The Bertz CT molecular complexity index is 275. The summed E-state index contributed by atoms with van der Waals surface area (Å²) in [4.78, 5) is 3.96. The van der Waals surface area contributed by atoms with E-state index in [0.29, 0.717) is 12.5 Å². The fourth-order valence-corrected chi connectivity index (χ4v) is 0.726. The lowest BCUT2D eigenvalue weighted by Crippen LogP contribution is -1.93. The first-order valence-corrected chi connectivity index (χ1v) is 3.42. The van der Waals surface area contributed by atoms with Crippen LogP contribution in [0.15, 0.2) is 18.3 Å². The van der Waals surface area contributed by atoms with Crippen LogP contribution >= 0.6 is 0 Å². The molecule has 2 heteroatoms. The van der Waals surface area contributed by atoms with Gasteiger partial charge in [-0.05, 0) is 13.0 Å². The first-order valence-electron chi connectivity index (χ1n) is 3.42. The second-order valence-corrected chi connectivity index (χ2v) is 1.96. The van der Waals surface area contributed by atoms with Gasteiger partial charge in [0.15, 0.2) is 0 Å². The molecule has 0 bridgehead atoms. The van der Waals surface area contributed by atoms with Gasteiger partial charge >= 0.3 is 0 Å². The quantitative estimate of drug-likeness (QED) is 0.591. The van der Waals surface area contributed by atoms with Gasteiger partial charge in [0.1, 0.15) is 0 Å². The second-order valence-electron chi connectivity index (χ2n) is 1.96. The summed E-state index contributed by atoms with van der Waals surface area (Å²) in [5.41, 5.74) is 0.795. The van der Waals surface area contributed by atoms with Crippen molar-refractivity contribution in [1.82, 2.24) is 4.98 Å². The SMILES string of the molecule is C#Cc1ccnc(OCC)c1. The van der Waals surface area contributed by atoms with Crippen LogP contribution in [0.1, 0.15) is 12.5 Å². The number of terminal acetylenes is 1. The maximum Gasteiger partial charge on any atom is 0.214 e. The smallest absolute Gasteiger partial charge is 0.214 e. The van der Waals surface area contributed by atoms with Crippen LogP contribution in [-0.2, 0) is 0 Å². The highest BCUT2D eigenvalue weighted by atomic mass is 16.5. The molecule has 1 aromatic rings. The number of hydrogen-bond acceptors (Lipinski definition) is 2. The van der Waals surface area contributed by atoms with E-state index in [0.717, 1.165) is 5.56 Å². The lowest BCUT2D eigenvalue weighted by atomic mass is 10.3. The number of ether oxygens (including phenoxy) is 1. The van der Waals surface area contributed by atoms with Crippen molar-refractivity contribution in [3.63, 3.8) is 0 Å². The minimum atomic E-state index is 0.586. The minimum absolute atomic E-state index is 0.586. The predicted molar refractivity (Wildman–Crippen MR) is 43.3 cm³/mol. The van der Waals surface area contributed by atoms with Crippen molar-refractivity contribution in [3.8, 4) is 18.2 Å². The summed E-state index contributed by atoms with van der Waals surface area (Å²) in [6.07, 6.45) is 6.82. The highest BCUT2D eigenvalue weighted by molar-refractivity contribution is 5.33. The van der Waals surface area contributed by atoms with E-state index in [4.69, 9.17) is 11.2 Å². The molecule has 0 radical (unpaired) electrons. The Morgan fingerprint density at radius 1 is 1.73 bits per heavy atom. The summed E-state index contributed by atoms with van der Waals surface area (Å²) in [7, 11) is 0. The van der Waals surface area contributed by atoms with E-state index in [1.165, 1.54) is 0 Å². The molecule has 0 saturated carbocycles. The number of nitrogens with zero attached hydrogens (tertiary/aromatic N) is 1. The van der Waals surface area contributed by atoms with Gasteiger partial charge in [0.05, 0.1) is 6.61 Å². The van der Waals surface area contributed by atoms with Gasteiger partial charge in [0, 0.05) is 17.8 Å². The van der Waals surface area contributed by atoms with Crippen molar-refractivity contribution in [3.05, 3.63) is 23.9 Å². The first-order chi connectivity index (χ1) is 5.36. The van der Waals surface area contributed by atoms with E-state index < -0.39 is 0 Å². The molecule has 56 valence electrons. The van der Waals surface area contributed by atoms with Gasteiger partial charge in [-0.2, -0.15) is 0 Å². The van der Waals surface area contributed by atoms with Crippen molar-refractivity contribution in [2.45, 2.75) is 6.92 Å². The van der Waals surface area contributed by atoms with Crippen LogP contribution in [0.25, 0.3) is 0 Å². The molecule has 0 aliphatic rings. The molecule has 0 N–H and O–H groups in total. The third kappa shape index (κ3) is 1.98. The number of pyridine rings is 1. The largest absolute Gasteiger partial charge is 0.478 e.